The van der Waals surface area contributed by atoms with Crippen LogP contribution in [0.5, 0.6) is 0 Å². The molecular formula is C59H68F4N10O6. The minimum absolute atomic E-state index is 0.0426. The highest BCUT2D eigenvalue weighted by atomic mass is 19.1. The lowest BCUT2D eigenvalue weighted by atomic mass is 9.74. The van der Waals surface area contributed by atoms with Gasteiger partial charge in [-0.25, -0.2) is 37.1 Å². The highest BCUT2D eigenvalue weighted by Gasteiger charge is 2.45. The van der Waals surface area contributed by atoms with Gasteiger partial charge in [-0.1, -0.05) is 52.0 Å². The molecule has 4 aliphatic heterocycles. The molecule has 1 aliphatic carbocycles. The molecule has 4 amide bonds. The highest BCUT2D eigenvalue weighted by molar-refractivity contribution is 5.88. The molecule has 4 saturated heterocycles. The van der Waals surface area contributed by atoms with Crippen molar-refractivity contribution >= 4 is 57.4 Å². The number of hydrogen-bond donors (Lipinski definition) is 4. The van der Waals surface area contributed by atoms with Crippen LogP contribution in [-0.4, -0.2) is 106 Å². The van der Waals surface area contributed by atoms with Gasteiger partial charge in [-0.15, -0.1) is 0 Å². The quantitative estimate of drug-likeness (QED) is 0.0861. The van der Waals surface area contributed by atoms with Gasteiger partial charge in [0, 0.05) is 55.1 Å². The molecule has 1 spiro atoms. The molecule has 20 heteroatoms. The first-order chi connectivity index (χ1) is 38.0. The number of methoxy groups -OCH3 is 2. The van der Waals surface area contributed by atoms with E-state index in [-0.39, 0.29) is 64.4 Å². The molecule has 2 aromatic heterocycles. The van der Waals surface area contributed by atoms with Gasteiger partial charge in [-0.3, -0.25) is 9.59 Å². The van der Waals surface area contributed by atoms with Gasteiger partial charge in [0.05, 0.1) is 60.5 Å². The molecule has 16 nitrogen and oxygen atoms in total. The number of likely N-dealkylation sites (tertiary alicyclic amines) is 2. The number of carbonyl (C=O) groups is 4. The van der Waals surface area contributed by atoms with E-state index in [1.807, 2.05) is 27.7 Å². The first kappa shape index (κ1) is 53.6. The summed E-state index contributed by atoms with van der Waals surface area (Å²) in [7, 11) is 2.47. The number of aryl methyl sites for hydroxylation is 1. The number of aromatic amines is 2. The predicted molar refractivity (Wildman–Crippen MR) is 289 cm³/mol. The van der Waals surface area contributed by atoms with Crippen LogP contribution >= 0.6 is 0 Å². The molecule has 4 fully saturated rings. The lowest BCUT2D eigenvalue weighted by Crippen LogP contribution is -2.51. The van der Waals surface area contributed by atoms with Crippen molar-refractivity contribution in [1.29, 1.82) is 0 Å². The number of piperidine rings is 1. The Labute approximate surface area is 456 Å². The van der Waals surface area contributed by atoms with Crippen LogP contribution in [0.3, 0.4) is 0 Å². The van der Waals surface area contributed by atoms with Crippen LogP contribution in [0.15, 0.2) is 60.7 Å². The molecule has 0 bridgehead atoms. The van der Waals surface area contributed by atoms with E-state index in [2.05, 4.69) is 44.9 Å². The molecule has 4 N–H and O–H groups in total. The third-order valence-electron chi connectivity index (χ3n) is 17.6. The van der Waals surface area contributed by atoms with Crippen molar-refractivity contribution in [3.8, 4) is 0 Å². The second kappa shape index (κ2) is 21.3. The Morgan fingerprint density at radius 2 is 1.10 bits per heavy atom. The number of nitrogens with one attached hydrogen (secondary N) is 4. The van der Waals surface area contributed by atoms with Crippen molar-refractivity contribution in [2.75, 3.05) is 50.2 Å². The van der Waals surface area contributed by atoms with Gasteiger partial charge >= 0.3 is 12.2 Å². The fourth-order valence-corrected chi connectivity index (χ4v) is 13.6. The molecule has 1 unspecified atom stereocenters. The zero-order chi connectivity index (χ0) is 55.6. The molecule has 418 valence electrons. The molecule has 6 heterocycles. The van der Waals surface area contributed by atoms with Crippen LogP contribution in [0, 0.1) is 35.1 Å². The van der Waals surface area contributed by atoms with E-state index in [0.717, 1.165) is 25.7 Å². The average Bonchev–Trinajstić information content (AvgIpc) is 4.40. The number of benzene rings is 4. The number of aromatic nitrogens is 4. The van der Waals surface area contributed by atoms with E-state index >= 15 is 17.6 Å². The van der Waals surface area contributed by atoms with E-state index in [4.69, 9.17) is 19.4 Å². The van der Waals surface area contributed by atoms with Gasteiger partial charge in [0.15, 0.2) is 11.6 Å². The SMILES string of the molecule is COC(=O)NC(C(=O)N1CCC[C@H]1c1nc2cc(F)c([C@H]3CC[C@H](c4cc5[nH]c([C@@H]6CCCN6C(=O)[C@@H](NC(=O)OC)C(C)C)nc5cc4F)N3c3cc(F)c(N4CCC5(CCc6ccccc65)CC4)c(F)c3)cc2[nH]1)C(C)C. The third kappa shape index (κ3) is 9.76. The summed E-state index contributed by atoms with van der Waals surface area (Å²) >= 11 is 0. The first-order valence-electron chi connectivity index (χ1n) is 27.8. The van der Waals surface area contributed by atoms with Crippen molar-refractivity contribution in [1.82, 2.24) is 40.4 Å². The topological polar surface area (TPSA) is 181 Å². The summed E-state index contributed by atoms with van der Waals surface area (Å²) in [5.41, 5.74) is 4.56. The molecule has 0 radical (unpaired) electrons. The van der Waals surface area contributed by atoms with Crippen molar-refractivity contribution in [3.05, 3.63) is 118 Å². The van der Waals surface area contributed by atoms with Gasteiger partial charge in [-0.2, -0.15) is 0 Å². The maximum atomic E-state index is 17.0. The van der Waals surface area contributed by atoms with E-state index < -0.39 is 71.7 Å². The monoisotopic (exact) mass is 1090 g/mol. The Morgan fingerprint density at radius 1 is 0.620 bits per heavy atom. The van der Waals surface area contributed by atoms with Crippen LogP contribution in [-0.2, 0) is 30.9 Å². The number of imidazole rings is 2. The molecule has 0 saturated carbocycles. The molecule has 79 heavy (non-hydrogen) atoms. The Hall–Kier alpha value is -7.38. The van der Waals surface area contributed by atoms with Crippen LogP contribution in [0.4, 0.5) is 38.5 Å². The summed E-state index contributed by atoms with van der Waals surface area (Å²) in [6.07, 6.45) is 5.03. The van der Waals surface area contributed by atoms with Crippen molar-refractivity contribution in [3.63, 3.8) is 0 Å². The normalized spacial score (nSPS) is 21.7. The number of nitrogens with zero attached hydrogens (tertiary/aromatic N) is 6. The van der Waals surface area contributed by atoms with Gasteiger partial charge in [0.25, 0.3) is 0 Å². The molecule has 11 rings (SSSR count). The number of alkyl carbamates (subject to hydrolysis) is 2. The zero-order valence-corrected chi connectivity index (χ0v) is 45.4. The van der Waals surface area contributed by atoms with Crippen LogP contribution in [0.1, 0.15) is 144 Å². The second-order valence-corrected chi connectivity index (χ2v) is 22.8. The lowest BCUT2D eigenvalue weighted by Gasteiger charge is -2.41. The Kier molecular flexibility index (Phi) is 14.5. The molecule has 4 aromatic carbocycles. The number of halogens is 4. The summed E-state index contributed by atoms with van der Waals surface area (Å²) in [5, 5.41) is 5.32. The molecular weight excluding hydrogens is 1020 g/mol. The van der Waals surface area contributed by atoms with Crippen LogP contribution in [0.25, 0.3) is 22.1 Å². The van der Waals surface area contributed by atoms with Crippen LogP contribution < -0.4 is 20.4 Å². The first-order valence-corrected chi connectivity index (χ1v) is 27.8. The summed E-state index contributed by atoms with van der Waals surface area (Å²) in [4.78, 5) is 75.6. The van der Waals surface area contributed by atoms with Crippen molar-refractivity contribution in [2.45, 2.75) is 134 Å². The van der Waals surface area contributed by atoms with E-state index in [9.17, 15) is 19.2 Å². The third-order valence-corrected chi connectivity index (χ3v) is 17.6. The number of ether oxygens (including phenoxy) is 2. The van der Waals surface area contributed by atoms with E-state index in [0.29, 0.717) is 85.6 Å². The Bertz CT molecular complexity index is 3160. The summed E-state index contributed by atoms with van der Waals surface area (Å²) in [5.74, 6) is -3.02. The largest absolute Gasteiger partial charge is 0.453 e. The smallest absolute Gasteiger partial charge is 0.407 e. The molecule has 6 aromatic rings. The molecule has 6 atom stereocenters. The fraction of sp³-hybridized carbons (Fsp3) is 0.492. The summed E-state index contributed by atoms with van der Waals surface area (Å²) in [6.45, 7) is 9.06. The maximum absolute atomic E-state index is 17.0. The minimum Gasteiger partial charge on any atom is -0.453 e. The lowest BCUT2D eigenvalue weighted by molar-refractivity contribution is -0.136. The van der Waals surface area contributed by atoms with E-state index in [1.165, 1.54) is 49.6 Å². The minimum atomic E-state index is -0.858. The Morgan fingerprint density at radius 3 is 1.57 bits per heavy atom. The maximum Gasteiger partial charge on any atom is 0.407 e. The second-order valence-electron chi connectivity index (χ2n) is 22.8. The number of amides is 4. The Balaban J connectivity index is 0.936. The average molecular weight is 1090 g/mol. The number of carbonyl (C=O) groups excluding carboxylic acids is 4. The summed E-state index contributed by atoms with van der Waals surface area (Å²) < 4.78 is 77.7. The van der Waals surface area contributed by atoms with Crippen molar-refractivity contribution in [2.24, 2.45) is 11.8 Å². The standard InChI is InChI=1S/C59H68F4N10O6/c1-31(2)50(68-57(76)78-5)55(74)71-21-9-13-48(71)53-64-42-27-35(38(60)29-44(42)66-53)46-15-16-47(73(46)34-25-40(62)52(41(63)26-34)70-23-19-59(20-24-70)18-17-33-11-7-8-12-37(33)59)36-28-43-45(30-39(36)61)67-54(65-43)49-14-10-22-72(49)56(75)51(32(3)4)69-58(77)79-6/h7-8,11-12,25-32,46-51H,9-10,13-24H2,1-6H3,(H,64,66)(H,65,67)(H,68,76)(H,69,77)/t46-,47-,48+,49+,50+,51?/m1/s1. The van der Waals surface area contributed by atoms with Gasteiger partial charge in [0.1, 0.15) is 41.1 Å². The number of hydrogen-bond acceptors (Lipinski definition) is 10. The van der Waals surface area contributed by atoms with Gasteiger partial charge in [-0.05, 0) is 117 Å². The van der Waals surface area contributed by atoms with Gasteiger partial charge in [0.2, 0.25) is 11.8 Å². The van der Waals surface area contributed by atoms with Crippen LogP contribution in [0.2, 0.25) is 0 Å². The number of fused-ring (bicyclic) bond motifs is 4. The predicted octanol–water partition coefficient (Wildman–Crippen LogP) is 10.7. The van der Waals surface area contributed by atoms with E-state index in [1.54, 1.807) is 31.7 Å². The number of H-pyrrole nitrogens is 2. The highest BCUT2D eigenvalue weighted by Crippen LogP contribution is 2.51. The molecule has 5 aliphatic rings. The zero-order valence-electron chi connectivity index (χ0n) is 45.4. The summed E-state index contributed by atoms with van der Waals surface area (Å²) in [6, 6.07) is 12.5. The fourth-order valence-electron chi connectivity index (χ4n) is 13.6. The number of rotatable bonds is 12. The number of anilines is 2. The van der Waals surface area contributed by atoms with Gasteiger partial charge < -0.3 is 49.7 Å². The van der Waals surface area contributed by atoms with Crippen molar-refractivity contribution < 1.29 is 46.2 Å².